The number of aromatic hydroxyl groups is 1. The Hall–Kier alpha value is -2.89. The molecule has 0 spiro atoms. The van der Waals surface area contributed by atoms with Gasteiger partial charge in [0.2, 0.25) is 6.08 Å². The van der Waals surface area contributed by atoms with Crippen LogP contribution in [0.25, 0.3) is 0 Å². The maximum atomic E-state index is 9.97. The van der Waals surface area contributed by atoms with Gasteiger partial charge in [-0.25, -0.2) is 14.4 Å². The van der Waals surface area contributed by atoms with E-state index in [0.29, 0.717) is 17.8 Å². The van der Waals surface area contributed by atoms with Crippen LogP contribution in [0, 0.1) is 0 Å². The zero-order valence-electron chi connectivity index (χ0n) is 9.05. The first-order valence-corrected chi connectivity index (χ1v) is 5.65. The van der Waals surface area contributed by atoms with Gasteiger partial charge in [0.15, 0.2) is 0 Å². The molecular formula is C9H5N3O6S. The van der Waals surface area contributed by atoms with Gasteiger partial charge in [-0.15, -0.1) is 0 Å². The fraction of sp³-hybridized carbons (Fsp3) is 0. The minimum Gasteiger partial charge on any atom is -0.508 e. The first kappa shape index (κ1) is 16.1. The van der Waals surface area contributed by atoms with Gasteiger partial charge in [-0.05, 0) is 24.3 Å². The third-order valence-electron chi connectivity index (χ3n) is 1.33. The first-order chi connectivity index (χ1) is 8.95. The third-order valence-corrected chi connectivity index (χ3v) is 1.94. The molecule has 0 heterocycles. The van der Waals surface area contributed by atoms with Crippen LogP contribution < -0.4 is 0 Å². The lowest BCUT2D eigenvalue weighted by molar-refractivity contribution is 0.475. The molecule has 1 aromatic carbocycles. The van der Waals surface area contributed by atoms with Crippen molar-refractivity contribution in [2.75, 3.05) is 0 Å². The number of aliphatic imine (C=N–C) groups is 1. The van der Waals surface area contributed by atoms with Gasteiger partial charge in [-0.2, -0.15) is 13.4 Å². The number of rotatable bonds is 3. The van der Waals surface area contributed by atoms with E-state index in [9.17, 15) is 22.8 Å². The number of hydrogen-bond acceptors (Lipinski definition) is 7. The molecule has 10 heteroatoms. The van der Waals surface area contributed by atoms with Gasteiger partial charge in [0, 0.05) is 0 Å². The van der Waals surface area contributed by atoms with Crippen molar-refractivity contribution in [3.8, 4) is 5.75 Å². The fourth-order valence-corrected chi connectivity index (χ4v) is 0.924. The summed E-state index contributed by atoms with van der Waals surface area (Å²) < 4.78 is 24.3. The fourth-order valence-electron chi connectivity index (χ4n) is 0.694. The molecule has 0 unspecified atom stereocenters. The average Bonchev–Trinajstić information content (AvgIpc) is 2.33. The summed E-state index contributed by atoms with van der Waals surface area (Å²) in [5.74, 6) is 0.157. The Bertz CT molecular complexity index is 638. The summed E-state index contributed by atoms with van der Waals surface area (Å²) in [6.07, 6.45) is 2.81. The van der Waals surface area contributed by atoms with Crippen molar-refractivity contribution in [3.05, 3.63) is 24.3 Å². The lowest BCUT2D eigenvalue weighted by Gasteiger charge is -1.89. The van der Waals surface area contributed by atoms with Crippen LogP contribution in [0.5, 0.6) is 5.75 Å². The Labute approximate surface area is 106 Å². The normalized spacial score (nSPS) is 8.63. The predicted octanol–water partition coefficient (Wildman–Crippen LogP) is 0.262. The lowest BCUT2D eigenvalue weighted by Crippen LogP contribution is -1.86. The molecule has 0 radical (unpaired) electrons. The van der Waals surface area contributed by atoms with E-state index in [4.69, 9.17) is 5.11 Å². The van der Waals surface area contributed by atoms with E-state index in [1.807, 2.05) is 0 Å². The van der Waals surface area contributed by atoms with Crippen molar-refractivity contribution >= 4 is 34.1 Å². The minimum atomic E-state index is -4.28. The van der Waals surface area contributed by atoms with Gasteiger partial charge in [0.25, 0.3) is 12.2 Å². The standard InChI is InChI=1S/C7H5NO2.C2N2O4S/c9-5-8-6-1-3-7(10)4-2-6;5-1-3-9(7,8)4-2-6/h1-4,10H;. The number of benzene rings is 1. The molecule has 0 aliphatic rings. The van der Waals surface area contributed by atoms with Gasteiger partial charge in [-0.3, -0.25) is 0 Å². The van der Waals surface area contributed by atoms with Crippen LogP contribution in [0.2, 0.25) is 0 Å². The molecule has 1 rings (SSSR count). The van der Waals surface area contributed by atoms with Crippen molar-refractivity contribution in [2.45, 2.75) is 0 Å². The Balaban J connectivity index is 0.000000344. The van der Waals surface area contributed by atoms with Crippen LogP contribution in [0.15, 0.2) is 38.1 Å². The molecule has 1 aromatic rings. The van der Waals surface area contributed by atoms with E-state index in [1.54, 1.807) is 0 Å². The second-order valence-corrected chi connectivity index (χ2v) is 3.79. The minimum absolute atomic E-state index is 0.157. The van der Waals surface area contributed by atoms with Gasteiger partial charge in [-0.1, -0.05) is 8.80 Å². The molecule has 1 N–H and O–H groups in total. The summed E-state index contributed by atoms with van der Waals surface area (Å²) in [6, 6.07) is 5.97. The monoisotopic (exact) mass is 283 g/mol. The number of phenolic OH excluding ortho intramolecular Hbond substituents is 1. The van der Waals surface area contributed by atoms with E-state index >= 15 is 0 Å². The van der Waals surface area contributed by atoms with Crippen LogP contribution in [0.4, 0.5) is 5.69 Å². The summed E-state index contributed by atoms with van der Waals surface area (Å²) in [5.41, 5.74) is 0.493. The van der Waals surface area contributed by atoms with Gasteiger partial charge in [0.05, 0.1) is 5.69 Å². The topological polar surface area (TPSA) is 143 Å². The van der Waals surface area contributed by atoms with Gasteiger partial charge in [0.1, 0.15) is 5.75 Å². The van der Waals surface area contributed by atoms with Crippen molar-refractivity contribution < 1.29 is 27.9 Å². The van der Waals surface area contributed by atoms with Crippen LogP contribution in [-0.4, -0.2) is 31.8 Å². The maximum Gasteiger partial charge on any atom is 0.383 e. The largest absolute Gasteiger partial charge is 0.508 e. The van der Waals surface area contributed by atoms with Crippen molar-refractivity contribution in [1.29, 1.82) is 0 Å². The van der Waals surface area contributed by atoms with Crippen molar-refractivity contribution in [1.82, 2.24) is 0 Å². The smallest absolute Gasteiger partial charge is 0.383 e. The van der Waals surface area contributed by atoms with E-state index < -0.39 is 10.2 Å². The van der Waals surface area contributed by atoms with Gasteiger partial charge < -0.3 is 5.11 Å². The average molecular weight is 283 g/mol. The Kier molecular flexibility index (Phi) is 6.98. The summed E-state index contributed by atoms with van der Waals surface area (Å²) in [6.45, 7) is 0. The maximum absolute atomic E-state index is 9.97. The quantitative estimate of drug-likeness (QED) is 0.622. The van der Waals surface area contributed by atoms with E-state index in [2.05, 4.69) is 13.8 Å². The summed E-state index contributed by atoms with van der Waals surface area (Å²) in [7, 11) is -4.28. The molecule has 0 aliphatic carbocycles. The zero-order chi connectivity index (χ0) is 14.7. The van der Waals surface area contributed by atoms with Crippen LogP contribution in [0.1, 0.15) is 0 Å². The molecular weight excluding hydrogens is 278 g/mol. The molecule has 98 valence electrons. The molecule has 0 aliphatic heterocycles. The first-order valence-electron chi connectivity index (χ1n) is 4.25. The highest BCUT2D eigenvalue weighted by Gasteiger charge is 2.00. The van der Waals surface area contributed by atoms with Crippen LogP contribution >= 0.6 is 0 Å². The Morgan fingerprint density at radius 2 is 1.37 bits per heavy atom. The number of phenols is 1. The highest BCUT2D eigenvalue weighted by atomic mass is 32.2. The molecule has 0 fully saturated rings. The van der Waals surface area contributed by atoms with Crippen LogP contribution in [-0.2, 0) is 24.6 Å². The van der Waals surface area contributed by atoms with Crippen molar-refractivity contribution in [3.63, 3.8) is 0 Å². The Morgan fingerprint density at radius 3 is 1.74 bits per heavy atom. The number of carbonyl (C=O) groups excluding carboxylic acids is 3. The number of hydrogen-bond donors (Lipinski definition) is 1. The summed E-state index contributed by atoms with van der Waals surface area (Å²) in [4.78, 5) is 31.5. The molecule has 0 aromatic heterocycles. The predicted molar refractivity (Wildman–Crippen MR) is 61.1 cm³/mol. The van der Waals surface area contributed by atoms with Crippen LogP contribution in [0.3, 0.4) is 0 Å². The molecule has 19 heavy (non-hydrogen) atoms. The highest BCUT2D eigenvalue weighted by molar-refractivity contribution is 7.89. The molecule has 0 saturated heterocycles. The molecule has 0 saturated carbocycles. The van der Waals surface area contributed by atoms with E-state index in [0.717, 1.165) is 0 Å². The molecule has 0 bridgehead atoms. The molecule has 9 nitrogen and oxygen atoms in total. The van der Waals surface area contributed by atoms with Gasteiger partial charge >= 0.3 is 10.2 Å². The summed E-state index contributed by atoms with van der Waals surface area (Å²) in [5, 5.41) is 8.78. The summed E-state index contributed by atoms with van der Waals surface area (Å²) >= 11 is 0. The second-order valence-electron chi connectivity index (χ2n) is 2.53. The second kappa shape index (κ2) is 8.24. The van der Waals surface area contributed by atoms with E-state index in [-0.39, 0.29) is 5.75 Å². The SMILES string of the molecule is O=C=NS(=O)(=O)N=C=O.O=C=Nc1ccc(O)cc1. The molecule has 0 atom stereocenters. The van der Waals surface area contributed by atoms with Crippen molar-refractivity contribution in [2.24, 2.45) is 13.8 Å². The molecule has 0 amide bonds. The number of isocyanates is 3. The lowest BCUT2D eigenvalue weighted by atomic mass is 10.3. The zero-order valence-corrected chi connectivity index (χ0v) is 9.86. The third kappa shape index (κ3) is 7.92. The van der Waals surface area contributed by atoms with E-state index in [1.165, 1.54) is 30.3 Å². The Morgan fingerprint density at radius 1 is 0.895 bits per heavy atom. The number of nitrogens with zero attached hydrogens (tertiary/aromatic N) is 3. The highest BCUT2D eigenvalue weighted by Crippen LogP contribution is 2.15.